The molecule has 5 aromatic carbocycles. The summed E-state index contributed by atoms with van der Waals surface area (Å²) in [6.07, 6.45) is 0. The number of hydrogen-bond donors (Lipinski definition) is 0. The molecule has 168 valence electrons. The second kappa shape index (κ2) is 7.44. The number of para-hydroxylation sites is 1. The van der Waals surface area contributed by atoms with Gasteiger partial charge in [0.1, 0.15) is 0 Å². The summed E-state index contributed by atoms with van der Waals surface area (Å²) in [6.45, 7) is 4.68. The molecule has 0 amide bonds. The van der Waals surface area contributed by atoms with Crippen molar-refractivity contribution in [2.24, 2.45) is 0 Å². The SMILES string of the molecule is CC1(C)c2cc(Br)ccc2-c2ccc(-n3c4ccccc4c4cc(-c5ccccc5)ccc43)cc21. The Balaban J connectivity index is 1.47. The summed E-state index contributed by atoms with van der Waals surface area (Å²) in [5.41, 5.74) is 11.6. The van der Waals surface area contributed by atoms with Crippen LogP contribution in [-0.4, -0.2) is 4.57 Å². The van der Waals surface area contributed by atoms with Crippen LogP contribution >= 0.6 is 15.9 Å². The molecule has 0 radical (unpaired) electrons. The van der Waals surface area contributed by atoms with Crippen molar-refractivity contribution in [3.8, 4) is 27.9 Å². The lowest BCUT2D eigenvalue weighted by atomic mass is 9.82. The van der Waals surface area contributed by atoms with Gasteiger partial charge in [0, 0.05) is 26.3 Å². The lowest BCUT2D eigenvalue weighted by molar-refractivity contribution is 0.659. The van der Waals surface area contributed by atoms with Gasteiger partial charge in [0.05, 0.1) is 11.0 Å². The molecule has 0 fully saturated rings. The summed E-state index contributed by atoms with van der Waals surface area (Å²) in [7, 11) is 0. The van der Waals surface area contributed by atoms with Gasteiger partial charge in [0.2, 0.25) is 0 Å². The van der Waals surface area contributed by atoms with E-state index in [9.17, 15) is 0 Å². The van der Waals surface area contributed by atoms with Gasteiger partial charge in [-0.05, 0) is 75.8 Å². The van der Waals surface area contributed by atoms with E-state index in [0.29, 0.717) is 0 Å². The first-order valence-corrected chi connectivity index (χ1v) is 12.9. The van der Waals surface area contributed by atoms with Crippen molar-refractivity contribution >= 4 is 37.7 Å². The number of nitrogens with zero attached hydrogens (tertiary/aromatic N) is 1. The van der Waals surface area contributed by atoms with Crippen molar-refractivity contribution in [1.82, 2.24) is 4.57 Å². The number of fused-ring (bicyclic) bond motifs is 6. The van der Waals surface area contributed by atoms with E-state index in [2.05, 4.69) is 144 Å². The number of aromatic nitrogens is 1. The van der Waals surface area contributed by atoms with E-state index in [1.165, 1.54) is 60.9 Å². The monoisotopic (exact) mass is 513 g/mol. The molecule has 0 saturated heterocycles. The lowest BCUT2D eigenvalue weighted by Crippen LogP contribution is -2.15. The molecular weight excluding hydrogens is 490 g/mol. The van der Waals surface area contributed by atoms with E-state index < -0.39 is 0 Å². The summed E-state index contributed by atoms with van der Waals surface area (Å²) in [5.74, 6) is 0. The van der Waals surface area contributed by atoms with E-state index in [-0.39, 0.29) is 5.41 Å². The first kappa shape index (κ1) is 20.7. The van der Waals surface area contributed by atoms with Gasteiger partial charge in [-0.3, -0.25) is 0 Å². The fourth-order valence-electron chi connectivity index (χ4n) is 5.90. The number of halogens is 1. The zero-order valence-electron chi connectivity index (χ0n) is 19.7. The molecule has 35 heavy (non-hydrogen) atoms. The third kappa shape index (κ3) is 3.00. The number of benzene rings is 5. The summed E-state index contributed by atoms with van der Waals surface area (Å²) in [6, 6.07) is 39.9. The Morgan fingerprint density at radius 1 is 0.571 bits per heavy atom. The first-order valence-electron chi connectivity index (χ1n) is 12.1. The van der Waals surface area contributed by atoms with Crippen LogP contribution < -0.4 is 0 Å². The molecule has 0 N–H and O–H groups in total. The zero-order chi connectivity index (χ0) is 23.7. The molecule has 2 heteroatoms. The smallest absolute Gasteiger partial charge is 0.0541 e. The van der Waals surface area contributed by atoms with E-state index in [1.807, 2.05) is 0 Å². The Bertz CT molecular complexity index is 1770. The molecule has 1 nitrogen and oxygen atoms in total. The first-order chi connectivity index (χ1) is 17.0. The number of rotatable bonds is 2. The van der Waals surface area contributed by atoms with E-state index >= 15 is 0 Å². The minimum atomic E-state index is -0.0519. The Hall–Kier alpha value is -3.62. The Morgan fingerprint density at radius 3 is 2.09 bits per heavy atom. The van der Waals surface area contributed by atoms with Crippen LogP contribution in [0.15, 0.2) is 114 Å². The predicted molar refractivity (Wildman–Crippen MR) is 151 cm³/mol. The second-order valence-corrected chi connectivity index (χ2v) is 10.9. The van der Waals surface area contributed by atoms with Crippen molar-refractivity contribution in [2.45, 2.75) is 19.3 Å². The average Bonchev–Trinajstić information content (AvgIpc) is 3.33. The third-order valence-electron chi connectivity index (χ3n) is 7.66. The molecular formula is C33H24BrN. The van der Waals surface area contributed by atoms with Crippen LogP contribution in [0.2, 0.25) is 0 Å². The normalized spacial score (nSPS) is 13.8. The standard InChI is InChI=1S/C33H24BrN/c1-33(2)29-19-23(34)13-15-25(29)26-16-14-24(20-30(26)33)35-31-11-7-6-10-27(31)28-18-22(12-17-32(28)35)21-8-4-3-5-9-21/h3-20H,1-2H3. The van der Waals surface area contributed by atoms with Gasteiger partial charge in [0.15, 0.2) is 0 Å². The van der Waals surface area contributed by atoms with Crippen molar-refractivity contribution < 1.29 is 0 Å². The highest BCUT2D eigenvalue weighted by Crippen LogP contribution is 2.50. The van der Waals surface area contributed by atoms with Gasteiger partial charge in [0.25, 0.3) is 0 Å². The van der Waals surface area contributed by atoms with E-state index in [0.717, 1.165) is 4.47 Å². The van der Waals surface area contributed by atoms with Crippen LogP contribution in [-0.2, 0) is 5.41 Å². The maximum Gasteiger partial charge on any atom is 0.0541 e. The molecule has 7 rings (SSSR count). The molecule has 0 atom stereocenters. The summed E-state index contributed by atoms with van der Waals surface area (Å²) in [5, 5.41) is 2.57. The highest BCUT2D eigenvalue weighted by molar-refractivity contribution is 9.10. The second-order valence-electron chi connectivity index (χ2n) is 10.00. The van der Waals surface area contributed by atoms with E-state index in [1.54, 1.807) is 0 Å². The summed E-state index contributed by atoms with van der Waals surface area (Å²) >= 11 is 3.68. The fourth-order valence-corrected chi connectivity index (χ4v) is 6.26. The minimum absolute atomic E-state index is 0.0519. The summed E-state index contributed by atoms with van der Waals surface area (Å²) < 4.78 is 3.56. The quantitative estimate of drug-likeness (QED) is 0.217. The van der Waals surface area contributed by atoms with Gasteiger partial charge in [-0.25, -0.2) is 0 Å². The molecule has 0 saturated carbocycles. The molecule has 1 aliphatic rings. The van der Waals surface area contributed by atoms with Crippen LogP contribution in [0.5, 0.6) is 0 Å². The summed E-state index contributed by atoms with van der Waals surface area (Å²) in [4.78, 5) is 0. The number of hydrogen-bond acceptors (Lipinski definition) is 0. The molecule has 0 unspecified atom stereocenters. The molecule has 1 aliphatic carbocycles. The minimum Gasteiger partial charge on any atom is -0.309 e. The predicted octanol–water partition coefficient (Wildman–Crippen LogP) is 9.52. The highest BCUT2D eigenvalue weighted by atomic mass is 79.9. The van der Waals surface area contributed by atoms with Crippen molar-refractivity contribution in [2.75, 3.05) is 0 Å². The van der Waals surface area contributed by atoms with Crippen LogP contribution in [0.3, 0.4) is 0 Å². The van der Waals surface area contributed by atoms with Crippen LogP contribution in [0, 0.1) is 0 Å². The van der Waals surface area contributed by atoms with E-state index in [4.69, 9.17) is 0 Å². The average molecular weight is 514 g/mol. The van der Waals surface area contributed by atoms with Gasteiger partial charge in [-0.2, -0.15) is 0 Å². The highest BCUT2D eigenvalue weighted by Gasteiger charge is 2.35. The third-order valence-corrected chi connectivity index (χ3v) is 8.15. The van der Waals surface area contributed by atoms with Gasteiger partial charge < -0.3 is 4.57 Å². The Kier molecular flexibility index (Phi) is 4.40. The van der Waals surface area contributed by atoms with Crippen molar-refractivity contribution in [3.63, 3.8) is 0 Å². The molecule has 1 heterocycles. The van der Waals surface area contributed by atoms with Crippen LogP contribution in [0.25, 0.3) is 49.7 Å². The Labute approximate surface area is 213 Å². The van der Waals surface area contributed by atoms with Crippen molar-refractivity contribution in [3.05, 3.63) is 125 Å². The Morgan fingerprint density at radius 2 is 1.26 bits per heavy atom. The zero-order valence-corrected chi connectivity index (χ0v) is 21.3. The lowest BCUT2D eigenvalue weighted by Gasteiger charge is -2.22. The fraction of sp³-hybridized carbons (Fsp3) is 0.0909. The maximum atomic E-state index is 3.68. The molecule has 0 spiro atoms. The van der Waals surface area contributed by atoms with Crippen LogP contribution in [0.1, 0.15) is 25.0 Å². The van der Waals surface area contributed by atoms with Crippen molar-refractivity contribution in [1.29, 1.82) is 0 Å². The van der Waals surface area contributed by atoms with Gasteiger partial charge in [-0.15, -0.1) is 0 Å². The topological polar surface area (TPSA) is 4.93 Å². The largest absolute Gasteiger partial charge is 0.309 e. The van der Waals surface area contributed by atoms with Crippen LogP contribution in [0.4, 0.5) is 0 Å². The molecule has 0 aliphatic heterocycles. The molecule has 6 aromatic rings. The van der Waals surface area contributed by atoms with Gasteiger partial charge >= 0.3 is 0 Å². The molecule has 0 bridgehead atoms. The molecule has 1 aromatic heterocycles. The van der Waals surface area contributed by atoms with Gasteiger partial charge in [-0.1, -0.05) is 96.5 Å². The maximum absolute atomic E-state index is 3.68.